The second kappa shape index (κ2) is 36.7. The van der Waals surface area contributed by atoms with Crippen molar-refractivity contribution in [3.05, 3.63) is 24.3 Å². The van der Waals surface area contributed by atoms with Gasteiger partial charge in [-0.15, -0.1) is 0 Å². The molecule has 0 heterocycles. The van der Waals surface area contributed by atoms with E-state index in [9.17, 15) is 20.1 Å². The first-order valence-corrected chi connectivity index (χ1v) is 20.1. The summed E-state index contributed by atoms with van der Waals surface area (Å²) in [5.74, 6) is -0.169. The zero-order chi connectivity index (χ0) is 33.8. The molecule has 0 rings (SSSR count). The third kappa shape index (κ3) is 31.4. The quantitative estimate of drug-likeness (QED) is 0.0401. The molecular weight excluding hydrogens is 570 g/mol. The zero-order valence-electron chi connectivity index (χ0n) is 30.7. The molecule has 0 spiro atoms. The third-order valence-corrected chi connectivity index (χ3v) is 9.28. The Bertz CT molecular complexity index is 679. The van der Waals surface area contributed by atoms with Crippen molar-refractivity contribution in [2.24, 2.45) is 0 Å². The fourth-order valence-electron chi connectivity index (χ4n) is 6.08. The van der Waals surface area contributed by atoms with Gasteiger partial charge in [0, 0.05) is 6.42 Å². The highest BCUT2D eigenvalue weighted by Crippen LogP contribution is 2.15. The van der Waals surface area contributed by atoms with Crippen LogP contribution in [0.5, 0.6) is 0 Å². The van der Waals surface area contributed by atoms with Gasteiger partial charge in [-0.2, -0.15) is 0 Å². The number of rotatable bonds is 36. The summed E-state index contributed by atoms with van der Waals surface area (Å²) in [7, 11) is 0. The van der Waals surface area contributed by atoms with Crippen molar-refractivity contribution in [3.8, 4) is 0 Å². The molecule has 3 atom stereocenters. The molecule has 272 valence electrons. The van der Waals surface area contributed by atoms with Crippen LogP contribution in [0.1, 0.15) is 206 Å². The van der Waals surface area contributed by atoms with Crippen LogP contribution >= 0.6 is 0 Å². The van der Waals surface area contributed by atoms with E-state index in [0.29, 0.717) is 12.8 Å². The molecule has 0 bridgehead atoms. The first-order valence-electron chi connectivity index (χ1n) is 20.1. The minimum atomic E-state index is -1.16. The van der Waals surface area contributed by atoms with Gasteiger partial charge in [-0.1, -0.05) is 167 Å². The number of unbranched alkanes of at least 4 members (excludes halogenated alkanes) is 24. The van der Waals surface area contributed by atoms with E-state index in [0.717, 1.165) is 51.4 Å². The first-order chi connectivity index (χ1) is 22.6. The Labute approximate surface area is 286 Å². The molecule has 0 aromatic carbocycles. The smallest absolute Gasteiger partial charge is 0.220 e. The largest absolute Gasteiger partial charge is 0.394 e. The van der Waals surface area contributed by atoms with Crippen LogP contribution in [0.25, 0.3) is 0 Å². The molecule has 46 heavy (non-hydrogen) atoms. The number of carbonyl (C=O) groups is 1. The molecule has 0 radical (unpaired) electrons. The number of aliphatic hydroxyl groups is 3. The van der Waals surface area contributed by atoms with Gasteiger partial charge in [0.05, 0.1) is 18.8 Å². The van der Waals surface area contributed by atoms with E-state index >= 15 is 0 Å². The maximum absolute atomic E-state index is 12.3. The summed E-state index contributed by atoms with van der Waals surface area (Å²) in [4.78, 5) is 12.3. The molecular formula is C41H79NO4. The summed E-state index contributed by atoms with van der Waals surface area (Å²) in [6.45, 7) is 4.11. The molecule has 5 nitrogen and oxygen atoms in total. The van der Waals surface area contributed by atoms with E-state index in [1.54, 1.807) is 0 Å². The SMILES string of the molecule is CCCC/C=C\CCCCCCC(=O)NC(CO)C(O)C(O)CCC/C=C/CCCCCCCCCCCCCCCCCCC. The monoisotopic (exact) mass is 650 g/mol. The molecule has 3 unspecified atom stereocenters. The molecule has 5 heteroatoms. The zero-order valence-corrected chi connectivity index (χ0v) is 30.7. The van der Waals surface area contributed by atoms with Crippen molar-refractivity contribution in [1.29, 1.82) is 0 Å². The lowest BCUT2D eigenvalue weighted by Crippen LogP contribution is -2.50. The van der Waals surface area contributed by atoms with Gasteiger partial charge in [-0.25, -0.2) is 0 Å². The van der Waals surface area contributed by atoms with Gasteiger partial charge in [0.2, 0.25) is 5.91 Å². The summed E-state index contributed by atoms with van der Waals surface area (Å²) in [5, 5.41) is 33.3. The van der Waals surface area contributed by atoms with E-state index < -0.39 is 18.2 Å². The Hall–Kier alpha value is -1.17. The molecule has 0 aromatic heterocycles. The van der Waals surface area contributed by atoms with Crippen molar-refractivity contribution in [3.63, 3.8) is 0 Å². The van der Waals surface area contributed by atoms with Crippen LogP contribution in [-0.4, -0.2) is 46.1 Å². The number of carbonyl (C=O) groups excluding carboxylic acids is 1. The van der Waals surface area contributed by atoms with Gasteiger partial charge >= 0.3 is 0 Å². The molecule has 0 saturated heterocycles. The normalized spacial score (nSPS) is 13.9. The van der Waals surface area contributed by atoms with Crippen molar-refractivity contribution >= 4 is 5.91 Å². The Balaban J connectivity index is 3.64. The first kappa shape index (κ1) is 44.8. The van der Waals surface area contributed by atoms with Crippen molar-refractivity contribution in [2.75, 3.05) is 6.61 Å². The number of hydrogen-bond donors (Lipinski definition) is 4. The van der Waals surface area contributed by atoms with Crippen LogP contribution in [0.4, 0.5) is 0 Å². The Morgan fingerprint density at radius 2 is 0.891 bits per heavy atom. The summed E-state index contributed by atoms with van der Waals surface area (Å²) >= 11 is 0. The maximum atomic E-state index is 12.3. The van der Waals surface area contributed by atoms with Gasteiger partial charge in [-0.05, 0) is 57.8 Å². The fourth-order valence-corrected chi connectivity index (χ4v) is 6.08. The highest BCUT2D eigenvalue weighted by molar-refractivity contribution is 5.76. The average Bonchev–Trinajstić information content (AvgIpc) is 3.06. The van der Waals surface area contributed by atoms with Crippen LogP contribution < -0.4 is 5.32 Å². The molecule has 0 aliphatic carbocycles. The van der Waals surface area contributed by atoms with Crippen molar-refractivity contribution in [2.45, 2.75) is 225 Å². The molecule has 0 fully saturated rings. The van der Waals surface area contributed by atoms with Gasteiger partial charge in [0.15, 0.2) is 0 Å². The maximum Gasteiger partial charge on any atom is 0.220 e. The number of allylic oxidation sites excluding steroid dienone is 4. The minimum Gasteiger partial charge on any atom is -0.394 e. The predicted octanol–water partition coefficient (Wildman–Crippen LogP) is 11.0. The Kier molecular flexibility index (Phi) is 35.7. The van der Waals surface area contributed by atoms with E-state index in [-0.39, 0.29) is 12.5 Å². The minimum absolute atomic E-state index is 0.169. The lowest BCUT2D eigenvalue weighted by atomic mass is 10.0. The van der Waals surface area contributed by atoms with E-state index in [2.05, 4.69) is 43.5 Å². The summed E-state index contributed by atoms with van der Waals surface area (Å²) in [6.07, 6.45) is 42.9. The number of nitrogens with one attached hydrogen (secondary N) is 1. The number of hydrogen-bond acceptors (Lipinski definition) is 4. The van der Waals surface area contributed by atoms with Gasteiger partial charge in [0.1, 0.15) is 6.10 Å². The standard InChI is InChI=1S/C41H79NO4/c1-3-5-7-9-11-13-15-16-17-18-19-20-21-22-23-24-25-26-27-29-31-33-35-39(44)41(46)38(37-43)42-40(45)36-34-32-30-28-14-12-10-8-6-4-2/h10,12,27,29,38-39,41,43-44,46H,3-9,11,13-26,28,30-37H2,1-2H3,(H,42,45)/b12-10-,29-27+. The van der Waals surface area contributed by atoms with E-state index in [1.807, 2.05) is 0 Å². The second-order valence-corrected chi connectivity index (χ2v) is 13.8. The Morgan fingerprint density at radius 3 is 1.33 bits per heavy atom. The van der Waals surface area contributed by atoms with Crippen LogP contribution in [0.3, 0.4) is 0 Å². The van der Waals surface area contributed by atoms with Crippen LogP contribution in [0.15, 0.2) is 24.3 Å². The molecule has 0 aliphatic rings. The van der Waals surface area contributed by atoms with Crippen LogP contribution in [0, 0.1) is 0 Å². The van der Waals surface area contributed by atoms with Gasteiger partial charge in [0.25, 0.3) is 0 Å². The molecule has 0 aromatic rings. The summed E-state index contributed by atoms with van der Waals surface area (Å²) in [6, 6.07) is -0.828. The third-order valence-electron chi connectivity index (χ3n) is 9.28. The lowest BCUT2D eigenvalue weighted by Gasteiger charge is -2.26. The topological polar surface area (TPSA) is 89.8 Å². The second-order valence-electron chi connectivity index (χ2n) is 13.8. The van der Waals surface area contributed by atoms with E-state index in [4.69, 9.17) is 0 Å². The summed E-state index contributed by atoms with van der Waals surface area (Å²) < 4.78 is 0. The van der Waals surface area contributed by atoms with Gasteiger partial charge < -0.3 is 20.6 Å². The molecule has 0 saturated carbocycles. The van der Waals surface area contributed by atoms with Crippen LogP contribution in [0.2, 0.25) is 0 Å². The van der Waals surface area contributed by atoms with Crippen molar-refractivity contribution < 1.29 is 20.1 Å². The highest BCUT2D eigenvalue weighted by atomic mass is 16.3. The summed E-state index contributed by atoms with van der Waals surface area (Å²) in [5.41, 5.74) is 0. The van der Waals surface area contributed by atoms with E-state index in [1.165, 1.54) is 128 Å². The number of amides is 1. The lowest BCUT2D eigenvalue weighted by molar-refractivity contribution is -0.124. The predicted molar refractivity (Wildman–Crippen MR) is 199 cm³/mol. The fraction of sp³-hybridized carbons (Fsp3) is 0.878. The molecule has 0 aliphatic heterocycles. The number of aliphatic hydroxyl groups excluding tert-OH is 3. The average molecular weight is 650 g/mol. The molecule has 4 N–H and O–H groups in total. The molecule has 1 amide bonds. The van der Waals surface area contributed by atoms with Gasteiger partial charge in [-0.3, -0.25) is 4.79 Å². The van der Waals surface area contributed by atoms with Crippen LogP contribution in [-0.2, 0) is 4.79 Å². The Morgan fingerprint density at radius 1 is 0.522 bits per heavy atom. The highest BCUT2D eigenvalue weighted by Gasteiger charge is 2.26. The van der Waals surface area contributed by atoms with Crippen molar-refractivity contribution in [1.82, 2.24) is 5.32 Å².